The summed E-state index contributed by atoms with van der Waals surface area (Å²) in [6.45, 7) is 12.3. The Hall–Kier alpha value is -0.170. The van der Waals surface area contributed by atoms with Crippen molar-refractivity contribution in [1.29, 1.82) is 0 Å². The van der Waals surface area contributed by atoms with Crippen molar-refractivity contribution in [3.05, 3.63) is 0 Å². The van der Waals surface area contributed by atoms with Crippen molar-refractivity contribution >= 4 is 10.2 Å². The monoisotopic (exact) mass is 279 g/mol. The standard InChI is InChI=1S/C12H29N3O2S/c1-7-13-9-8-10-15(6)18(16,17)14-11(2)12(3,4)5/h11,13-14H,7-10H2,1-6H3. The van der Waals surface area contributed by atoms with E-state index in [2.05, 4.69) is 10.0 Å². The summed E-state index contributed by atoms with van der Waals surface area (Å²) in [5.41, 5.74) is -0.0856. The molecule has 0 aliphatic rings. The summed E-state index contributed by atoms with van der Waals surface area (Å²) in [6.07, 6.45) is 0.815. The van der Waals surface area contributed by atoms with Gasteiger partial charge in [0.1, 0.15) is 0 Å². The molecule has 0 aromatic heterocycles. The topological polar surface area (TPSA) is 61.4 Å². The lowest BCUT2D eigenvalue weighted by Crippen LogP contribution is -2.47. The predicted octanol–water partition coefficient (Wildman–Crippen LogP) is 1.19. The van der Waals surface area contributed by atoms with Crippen molar-refractivity contribution in [3.63, 3.8) is 0 Å². The van der Waals surface area contributed by atoms with Crippen LogP contribution in [0.1, 0.15) is 41.0 Å². The van der Waals surface area contributed by atoms with Gasteiger partial charge in [-0.25, -0.2) is 0 Å². The first-order valence-electron chi connectivity index (χ1n) is 6.55. The van der Waals surface area contributed by atoms with Crippen LogP contribution in [0.25, 0.3) is 0 Å². The maximum absolute atomic E-state index is 12.0. The van der Waals surface area contributed by atoms with Crippen LogP contribution in [-0.2, 0) is 10.2 Å². The zero-order valence-corrected chi connectivity index (χ0v) is 13.4. The Kier molecular flexibility index (Phi) is 7.36. The SMILES string of the molecule is CCNCCCN(C)S(=O)(=O)NC(C)C(C)(C)C. The Morgan fingerprint density at radius 2 is 1.83 bits per heavy atom. The molecule has 1 atom stereocenters. The largest absolute Gasteiger partial charge is 0.317 e. The van der Waals surface area contributed by atoms with Crippen LogP contribution >= 0.6 is 0 Å². The van der Waals surface area contributed by atoms with E-state index in [0.29, 0.717) is 6.54 Å². The van der Waals surface area contributed by atoms with Gasteiger partial charge in [0, 0.05) is 19.6 Å². The van der Waals surface area contributed by atoms with E-state index in [-0.39, 0.29) is 11.5 Å². The van der Waals surface area contributed by atoms with E-state index in [1.165, 1.54) is 4.31 Å². The molecular formula is C12H29N3O2S. The van der Waals surface area contributed by atoms with Gasteiger partial charge in [-0.3, -0.25) is 0 Å². The van der Waals surface area contributed by atoms with E-state index in [4.69, 9.17) is 0 Å². The van der Waals surface area contributed by atoms with Gasteiger partial charge >= 0.3 is 0 Å². The minimum absolute atomic E-state index is 0.0856. The highest BCUT2D eigenvalue weighted by Gasteiger charge is 2.26. The third-order valence-electron chi connectivity index (χ3n) is 3.11. The van der Waals surface area contributed by atoms with Crippen molar-refractivity contribution in [2.75, 3.05) is 26.7 Å². The highest BCUT2D eigenvalue weighted by atomic mass is 32.2. The fourth-order valence-corrected chi connectivity index (χ4v) is 2.56. The van der Waals surface area contributed by atoms with Crippen LogP contribution in [0.2, 0.25) is 0 Å². The van der Waals surface area contributed by atoms with Crippen molar-refractivity contribution in [1.82, 2.24) is 14.3 Å². The van der Waals surface area contributed by atoms with Gasteiger partial charge in [0.2, 0.25) is 0 Å². The van der Waals surface area contributed by atoms with E-state index in [1.807, 2.05) is 34.6 Å². The normalized spacial score (nSPS) is 15.1. The fraction of sp³-hybridized carbons (Fsp3) is 1.00. The average molecular weight is 279 g/mol. The van der Waals surface area contributed by atoms with Gasteiger partial charge in [0.05, 0.1) is 0 Å². The quantitative estimate of drug-likeness (QED) is 0.656. The summed E-state index contributed by atoms with van der Waals surface area (Å²) < 4.78 is 28.2. The van der Waals surface area contributed by atoms with Crippen molar-refractivity contribution in [2.45, 2.75) is 47.1 Å². The summed E-state index contributed by atoms with van der Waals surface area (Å²) >= 11 is 0. The molecule has 0 rings (SSSR count). The molecule has 1 unspecified atom stereocenters. The van der Waals surface area contributed by atoms with Gasteiger partial charge in [-0.2, -0.15) is 17.4 Å². The van der Waals surface area contributed by atoms with Crippen molar-refractivity contribution in [3.8, 4) is 0 Å². The Labute approximate surface area is 113 Å². The number of nitrogens with one attached hydrogen (secondary N) is 2. The van der Waals surface area contributed by atoms with Crippen LogP contribution in [0, 0.1) is 5.41 Å². The average Bonchev–Trinajstić information content (AvgIpc) is 2.22. The lowest BCUT2D eigenvalue weighted by Gasteiger charge is -2.29. The molecule has 110 valence electrons. The third-order valence-corrected chi connectivity index (χ3v) is 4.77. The molecule has 18 heavy (non-hydrogen) atoms. The molecule has 0 radical (unpaired) electrons. The molecule has 0 aromatic rings. The van der Waals surface area contributed by atoms with Gasteiger partial charge < -0.3 is 5.32 Å². The van der Waals surface area contributed by atoms with Crippen molar-refractivity contribution in [2.24, 2.45) is 5.41 Å². The van der Waals surface area contributed by atoms with Crippen LogP contribution in [-0.4, -0.2) is 45.4 Å². The maximum atomic E-state index is 12.0. The molecular weight excluding hydrogens is 250 g/mol. The van der Waals surface area contributed by atoms with E-state index in [0.717, 1.165) is 19.5 Å². The molecule has 0 aliphatic carbocycles. The molecule has 0 fully saturated rings. The van der Waals surface area contributed by atoms with Gasteiger partial charge in [0.25, 0.3) is 10.2 Å². The summed E-state index contributed by atoms with van der Waals surface area (Å²) in [6, 6.07) is -0.0984. The van der Waals surface area contributed by atoms with Gasteiger partial charge in [-0.05, 0) is 31.8 Å². The second kappa shape index (κ2) is 7.43. The Balaban J connectivity index is 4.28. The van der Waals surface area contributed by atoms with Gasteiger partial charge in [-0.1, -0.05) is 27.7 Å². The number of hydrogen-bond acceptors (Lipinski definition) is 3. The second-order valence-electron chi connectivity index (χ2n) is 5.74. The summed E-state index contributed by atoms with van der Waals surface area (Å²) in [5.74, 6) is 0. The second-order valence-corrected chi connectivity index (χ2v) is 7.55. The van der Waals surface area contributed by atoms with Gasteiger partial charge in [-0.15, -0.1) is 0 Å². The maximum Gasteiger partial charge on any atom is 0.279 e. The molecule has 0 saturated heterocycles. The summed E-state index contributed by atoms with van der Waals surface area (Å²) in [7, 11) is -1.76. The first-order chi connectivity index (χ1) is 8.11. The molecule has 5 nitrogen and oxygen atoms in total. The zero-order chi connectivity index (χ0) is 14.4. The number of rotatable bonds is 8. The van der Waals surface area contributed by atoms with E-state index < -0.39 is 10.2 Å². The zero-order valence-electron chi connectivity index (χ0n) is 12.6. The smallest absolute Gasteiger partial charge is 0.279 e. The summed E-state index contributed by atoms with van der Waals surface area (Å²) in [4.78, 5) is 0. The number of nitrogens with zero attached hydrogens (tertiary/aromatic N) is 1. The minimum Gasteiger partial charge on any atom is -0.317 e. The van der Waals surface area contributed by atoms with Gasteiger partial charge in [0.15, 0.2) is 0 Å². The summed E-state index contributed by atoms with van der Waals surface area (Å²) in [5, 5.41) is 3.18. The molecule has 0 saturated carbocycles. The Morgan fingerprint density at radius 3 is 2.28 bits per heavy atom. The molecule has 6 heteroatoms. The third kappa shape index (κ3) is 6.68. The first-order valence-corrected chi connectivity index (χ1v) is 7.99. The molecule has 2 N–H and O–H groups in total. The number of hydrogen-bond donors (Lipinski definition) is 2. The van der Waals surface area contributed by atoms with Crippen LogP contribution < -0.4 is 10.0 Å². The predicted molar refractivity (Wildman–Crippen MR) is 76.8 cm³/mol. The first kappa shape index (κ1) is 17.8. The van der Waals surface area contributed by atoms with Crippen LogP contribution in [0.4, 0.5) is 0 Å². The highest BCUT2D eigenvalue weighted by molar-refractivity contribution is 7.87. The van der Waals surface area contributed by atoms with Crippen LogP contribution in [0.3, 0.4) is 0 Å². The molecule has 0 aliphatic heterocycles. The Bertz CT molecular complexity index is 323. The van der Waals surface area contributed by atoms with Crippen molar-refractivity contribution < 1.29 is 8.42 Å². The molecule has 0 aromatic carbocycles. The highest BCUT2D eigenvalue weighted by Crippen LogP contribution is 2.19. The van der Waals surface area contributed by atoms with Crippen LogP contribution in [0.15, 0.2) is 0 Å². The molecule has 0 heterocycles. The molecule has 0 amide bonds. The van der Waals surface area contributed by atoms with E-state index in [1.54, 1.807) is 7.05 Å². The molecule has 0 spiro atoms. The van der Waals surface area contributed by atoms with Crippen LogP contribution in [0.5, 0.6) is 0 Å². The fourth-order valence-electron chi connectivity index (χ4n) is 1.21. The minimum atomic E-state index is -3.37. The van der Waals surface area contributed by atoms with E-state index >= 15 is 0 Å². The van der Waals surface area contributed by atoms with E-state index in [9.17, 15) is 8.42 Å². The molecule has 0 bridgehead atoms. The lowest BCUT2D eigenvalue weighted by molar-refractivity contribution is 0.310. The lowest BCUT2D eigenvalue weighted by atomic mass is 9.89. The Morgan fingerprint density at radius 1 is 1.28 bits per heavy atom.